The average molecular weight is 268 g/mol. The van der Waals surface area contributed by atoms with Crippen LogP contribution in [0.25, 0.3) is 0 Å². The summed E-state index contributed by atoms with van der Waals surface area (Å²) in [6, 6.07) is -0.309. The van der Waals surface area contributed by atoms with Crippen LogP contribution >= 0.6 is 0 Å². The number of carbonyl (C=O) groups is 2. The zero-order valence-corrected chi connectivity index (χ0v) is 12.6. The van der Waals surface area contributed by atoms with E-state index in [1.165, 1.54) is 19.8 Å². The number of carbonyl (C=O) groups excluding carboxylic acids is 2. The largest absolute Gasteiger partial charge is 0.344 e. The van der Waals surface area contributed by atoms with Gasteiger partial charge in [0.15, 0.2) is 0 Å². The number of nitrogens with zero attached hydrogens (tertiary/aromatic N) is 1. The van der Waals surface area contributed by atoms with Crippen LogP contribution in [-0.4, -0.2) is 35.8 Å². The normalized spacial score (nSPS) is 17.2. The van der Waals surface area contributed by atoms with Crippen LogP contribution < -0.4 is 5.32 Å². The predicted molar refractivity (Wildman–Crippen MR) is 76.7 cm³/mol. The predicted octanol–water partition coefficient (Wildman–Crippen LogP) is 2.33. The van der Waals surface area contributed by atoms with Gasteiger partial charge in [-0.2, -0.15) is 0 Å². The summed E-state index contributed by atoms with van der Waals surface area (Å²) in [5.74, 6) is 0.335. The third-order valence-electron chi connectivity index (χ3n) is 3.97. The molecule has 2 amide bonds. The van der Waals surface area contributed by atoms with Crippen molar-refractivity contribution in [3.05, 3.63) is 0 Å². The van der Waals surface area contributed by atoms with Gasteiger partial charge in [-0.15, -0.1) is 0 Å². The van der Waals surface area contributed by atoms with Gasteiger partial charge in [-0.3, -0.25) is 9.59 Å². The smallest absolute Gasteiger partial charge is 0.245 e. The van der Waals surface area contributed by atoms with Crippen LogP contribution in [0.15, 0.2) is 0 Å². The minimum Gasteiger partial charge on any atom is -0.344 e. The SMILES string of the molecule is CCCCN(CC)C(=O)C(NC(C)=O)C1CCCC1. The maximum absolute atomic E-state index is 12.6. The van der Waals surface area contributed by atoms with Gasteiger partial charge >= 0.3 is 0 Å². The topological polar surface area (TPSA) is 49.4 Å². The lowest BCUT2D eigenvalue weighted by atomic mass is 9.96. The Balaban J connectivity index is 2.70. The summed E-state index contributed by atoms with van der Waals surface area (Å²) in [4.78, 5) is 25.9. The molecule has 1 aliphatic carbocycles. The van der Waals surface area contributed by atoms with Gasteiger partial charge in [0.2, 0.25) is 11.8 Å². The highest BCUT2D eigenvalue weighted by atomic mass is 16.2. The van der Waals surface area contributed by atoms with Crippen molar-refractivity contribution in [2.45, 2.75) is 65.3 Å². The molecule has 0 aromatic heterocycles. The molecular formula is C15H28N2O2. The van der Waals surface area contributed by atoms with Gasteiger partial charge < -0.3 is 10.2 Å². The van der Waals surface area contributed by atoms with Crippen LogP contribution in [0.1, 0.15) is 59.3 Å². The summed E-state index contributed by atoms with van der Waals surface area (Å²) >= 11 is 0. The highest BCUT2D eigenvalue weighted by Gasteiger charge is 2.33. The Hall–Kier alpha value is -1.06. The first-order valence-electron chi connectivity index (χ1n) is 7.66. The van der Waals surface area contributed by atoms with Crippen LogP contribution in [0.4, 0.5) is 0 Å². The molecule has 0 spiro atoms. The first kappa shape index (κ1) is 16.0. The van der Waals surface area contributed by atoms with E-state index in [9.17, 15) is 9.59 Å². The maximum Gasteiger partial charge on any atom is 0.245 e. The second-order valence-corrected chi connectivity index (χ2v) is 5.49. The van der Waals surface area contributed by atoms with Crippen molar-refractivity contribution in [2.75, 3.05) is 13.1 Å². The summed E-state index contributed by atoms with van der Waals surface area (Å²) in [7, 11) is 0. The highest BCUT2D eigenvalue weighted by molar-refractivity contribution is 5.87. The van der Waals surface area contributed by atoms with E-state index in [1.54, 1.807) is 0 Å². The van der Waals surface area contributed by atoms with E-state index >= 15 is 0 Å². The second kappa shape index (κ2) is 8.18. The van der Waals surface area contributed by atoms with Gasteiger partial charge in [-0.1, -0.05) is 26.2 Å². The van der Waals surface area contributed by atoms with Gasteiger partial charge in [0, 0.05) is 20.0 Å². The maximum atomic E-state index is 12.6. The molecule has 0 aliphatic heterocycles. The summed E-state index contributed by atoms with van der Waals surface area (Å²) in [6.07, 6.45) is 6.57. The first-order chi connectivity index (χ1) is 9.10. The molecule has 1 N–H and O–H groups in total. The molecule has 4 heteroatoms. The van der Waals surface area contributed by atoms with Crippen LogP contribution in [0.2, 0.25) is 0 Å². The van der Waals surface area contributed by atoms with Gasteiger partial charge in [0.05, 0.1) is 0 Å². The number of rotatable bonds is 7. The fourth-order valence-electron chi connectivity index (χ4n) is 2.86. The molecule has 0 aromatic carbocycles. The Morgan fingerprint density at radius 2 is 1.89 bits per heavy atom. The number of nitrogens with one attached hydrogen (secondary N) is 1. The molecule has 110 valence electrons. The summed E-state index contributed by atoms with van der Waals surface area (Å²) < 4.78 is 0. The molecule has 19 heavy (non-hydrogen) atoms. The molecule has 0 saturated heterocycles. The second-order valence-electron chi connectivity index (χ2n) is 5.49. The van der Waals surface area contributed by atoms with Gasteiger partial charge in [-0.25, -0.2) is 0 Å². The lowest BCUT2D eigenvalue weighted by Crippen LogP contribution is -2.51. The fourth-order valence-corrected chi connectivity index (χ4v) is 2.86. The zero-order chi connectivity index (χ0) is 14.3. The monoisotopic (exact) mass is 268 g/mol. The van der Waals surface area contributed by atoms with Crippen molar-refractivity contribution in [3.63, 3.8) is 0 Å². The minimum absolute atomic E-state index is 0.100. The summed E-state index contributed by atoms with van der Waals surface area (Å²) in [5, 5.41) is 2.88. The molecule has 1 fully saturated rings. The number of hydrogen-bond donors (Lipinski definition) is 1. The Kier molecular flexibility index (Phi) is 6.89. The Morgan fingerprint density at radius 3 is 2.37 bits per heavy atom. The van der Waals surface area contributed by atoms with Crippen LogP contribution in [0.5, 0.6) is 0 Å². The zero-order valence-electron chi connectivity index (χ0n) is 12.6. The number of unbranched alkanes of at least 4 members (excludes halogenated alkanes) is 1. The number of likely N-dealkylation sites (N-methyl/N-ethyl adjacent to an activating group) is 1. The van der Waals surface area contributed by atoms with Gasteiger partial charge in [-0.05, 0) is 32.1 Å². The third-order valence-corrected chi connectivity index (χ3v) is 3.97. The van der Waals surface area contributed by atoms with Crippen molar-refractivity contribution in [3.8, 4) is 0 Å². The average Bonchev–Trinajstić information content (AvgIpc) is 2.90. The van der Waals surface area contributed by atoms with E-state index < -0.39 is 0 Å². The molecule has 1 aliphatic rings. The number of amides is 2. The molecule has 0 aromatic rings. The molecule has 4 nitrogen and oxygen atoms in total. The molecular weight excluding hydrogens is 240 g/mol. The lowest BCUT2D eigenvalue weighted by Gasteiger charge is -2.30. The molecule has 1 unspecified atom stereocenters. The molecule has 0 bridgehead atoms. The van der Waals surface area contributed by atoms with Gasteiger partial charge in [0.25, 0.3) is 0 Å². The molecule has 1 rings (SSSR count). The van der Waals surface area contributed by atoms with Crippen LogP contribution in [-0.2, 0) is 9.59 Å². The van der Waals surface area contributed by atoms with Crippen LogP contribution in [0.3, 0.4) is 0 Å². The van der Waals surface area contributed by atoms with Crippen molar-refractivity contribution in [1.82, 2.24) is 10.2 Å². The first-order valence-corrected chi connectivity index (χ1v) is 7.66. The standard InChI is InChI=1S/C15H28N2O2/c1-4-6-11-17(5-2)15(19)14(16-12(3)18)13-9-7-8-10-13/h13-14H,4-11H2,1-3H3,(H,16,18). The van der Waals surface area contributed by atoms with Crippen molar-refractivity contribution >= 4 is 11.8 Å². The molecule has 0 radical (unpaired) electrons. The molecule has 1 saturated carbocycles. The number of hydrogen-bond acceptors (Lipinski definition) is 2. The Bertz CT molecular complexity index is 299. The van der Waals surface area contributed by atoms with E-state index in [2.05, 4.69) is 12.2 Å². The summed E-state index contributed by atoms with van der Waals surface area (Å²) in [5.41, 5.74) is 0. The van der Waals surface area contributed by atoms with Crippen LogP contribution in [0, 0.1) is 5.92 Å². The Morgan fingerprint density at radius 1 is 1.26 bits per heavy atom. The lowest BCUT2D eigenvalue weighted by molar-refractivity contribution is -0.137. The van der Waals surface area contributed by atoms with E-state index in [4.69, 9.17) is 0 Å². The van der Waals surface area contributed by atoms with Crippen molar-refractivity contribution in [2.24, 2.45) is 5.92 Å². The van der Waals surface area contributed by atoms with E-state index in [-0.39, 0.29) is 17.9 Å². The minimum atomic E-state index is -0.309. The Labute approximate surface area is 116 Å². The van der Waals surface area contributed by atoms with Crippen molar-refractivity contribution in [1.29, 1.82) is 0 Å². The quantitative estimate of drug-likeness (QED) is 0.770. The van der Waals surface area contributed by atoms with E-state index in [0.29, 0.717) is 5.92 Å². The van der Waals surface area contributed by atoms with E-state index in [0.717, 1.165) is 38.8 Å². The molecule has 1 atom stereocenters. The molecule has 0 heterocycles. The van der Waals surface area contributed by atoms with E-state index in [1.807, 2.05) is 11.8 Å². The summed E-state index contributed by atoms with van der Waals surface area (Å²) in [6.45, 7) is 7.15. The third kappa shape index (κ3) is 4.84. The van der Waals surface area contributed by atoms with Crippen molar-refractivity contribution < 1.29 is 9.59 Å². The van der Waals surface area contributed by atoms with Gasteiger partial charge in [0.1, 0.15) is 6.04 Å². The highest BCUT2D eigenvalue weighted by Crippen LogP contribution is 2.28. The fraction of sp³-hybridized carbons (Fsp3) is 0.867.